The summed E-state index contributed by atoms with van der Waals surface area (Å²) in [4.78, 5) is 39.5. The third-order valence-electron chi connectivity index (χ3n) is 6.45. The average molecular weight is 453 g/mol. The highest BCUT2D eigenvalue weighted by molar-refractivity contribution is 5.94. The van der Waals surface area contributed by atoms with E-state index in [1.165, 1.54) is 13.1 Å². The van der Waals surface area contributed by atoms with Crippen LogP contribution in [0.25, 0.3) is 11.0 Å². The lowest BCUT2D eigenvalue weighted by Crippen LogP contribution is -2.67. The largest absolute Gasteiger partial charge is 0.366 e. The number of H-pyrrole nitrogens is 1. The van der Waals surface area contributed by atoms with E-state index in [0.29, 0.717) is 6.42 Å². The molecule has 33 heavy (non-hydrogen) atoms. The van der Waals surface area contributed by atoms with E-state index in [-0.39, 0.29) is 23.3 Å². The smallest absolute Gasteiger partial charge is 0.272 e. The number of aromatic nitrogens is 2. The second-order valence-electron chi connectivity index (χ2n) is 8.62. The van der Waals surface area contributed by atoms with Crippen molar-refractivity contribution in [3.63, 3.8) is 0 Å². The SMILES string of the molecule is C=N/C(C(=O)NC)=C(F)\C=C(/C)N1C2CC1CN(Cc1cnc3cc(CC)c(=O)[nH]c3c1)C2. The van der Waals surface area contributed by atoms with E-state index >= 15 is 0 Å². The summed E-state index contributed by atoms with van der Waals surface area (Å²) in [6, 6.07) is 4.42. The fourth-order valence-corrected chi connectivity index (χ4v) is 4.88. The van der Waals surface area contributed by atoms with Gasteiger partial charge in [0.1, 0.15) is 0 Å². The van der Waals surface area contributed by atoms with E-state index in [1.54, 1.807) is 0 Å². The molecule has 2 unspecified atom stereocenters. The molecule has 3 saturated heterocycles. The zero-order valence-corrected chi connectivity index (χ0v) is 19.2. The second kappa shape index (κ2) is 9.27. The molecule has 1 amide bonds. The summed E-state index contributed by atoms with van der Waals surface area (Å²) in [6.45, 7) is 9.53. The second-order valence-corrected chi connectivity index (χ2v) is 8.62. The number of hydrogen-bond acceptors (Lipinski definition) is 6. The number of halogens is 1. The number of pyridine rings is 2. The number of nitrogens with one attached hydrogen (secondary N) is 2. The first-order chi connectivity index (χ1) is 15.8. The van der Waals surface area contributed by atoms with Gasteiger partial charge in [-0.15, -0.1) is 0 Å². The fourth-order valence-electron chi connectivity index (χ4n) is 4.88. The number of amides is 1. The van der Waals surface area contributed by atoms with E-state index < -0.39 is 11.7 Å². The van der Waals surface area contributed by atoms with Crippen molar-refractivity contribution in [1.82, 2.24) is 25.1 Å². The molecule has 8 nitrogen and oxygen atoms in total. The monoisotopic (exact) mass is 452 g/mol. The molecule has 0 radical (unpaired) electrons. The molecule has 3 fully saturated rings. The number of carbonyl (C=O) groups is 1. The normalized spacial score (nSPS) is 21.5. The van der Waals surface area contributed by atoms with Gasteiger partial charge in [0.2, 0.25) is 0 Å². The van der Waals surface area contributed by atoms with Crippen LogP contribution >= 0.6 is 0 Å². The maximum atomic E-state index is 14.6. The predicted molar refractivity (Wildman–Crippen MR) is 127 cm³/mol. The third kappa shape index (κ3) is 4.45. The van der Waals surface area contributed by atoms with Crippen LogP contribution in [0.5, 0.6) is 0 Å². The highest BCUT2D eigenvalue weighted by Crippen LogP contribution is 2.36. The first-order valence-corrected chi connectivity index (χ1v) is 11.1. The minimum absolute atomic E-state index is 0.0615. The standard InChI is InChI=1S/C24H29FN6O2/c1-5-16-8-20-21(29-23(16)32)7-15(10-28-20)11-30-12-17-9-18(13-30)31(17)14(2)6-19(25)22(26-3)24(33)27-4/h6-8,10,17-18H,3,5,9,11-13H2,1-2,4H3,(H,27,33)(H,29,32)/b14-6+,22-19+. The maximum absolute atomic E-state index is 14.6. The van der Waals surface area contributed by atoms with Gasteiger partial charge in [-0.05, 0) is 50.3 Å². The Morgan fingerprint density at radius 2 is 2.12 bits per heavy atom. The van der Waals surface area contributed by atoms with E-state index in [2.05, 4.69) is 36.8 Å². The highest BCUT2D eigenvalue weighted by atomic mass is 19.1. The number of piperidine rings is 1. The van der Waals surface area contributed by atoms with E-state index in [1.807, 2.05) is 32.2 Å². The molecule has 174 valence electrons. The van der Waals surface area contributed by atoms with Crippen LogP contribution in [0, 0.1) is 0 Å². The van der Waals surface area contributed by atoms with Crippen LogP contribution in [0.3, 0.4) is 0 Å². The van der Waals surface area contributed by atoms with Crippen LogP contribution in [0.4, 0.5) is 4.39 Å². The first-order valence-electron chi connectivity index (χ1n) is 11.1. The van der Waals surface area contributed by atoms with Crippen LogP contribution in [0.2, 0.25) is 0 Å². The van der Waals surface area contributed by atoms with Gasteiger partial charge >= 0.3 is 0 Å². The molecule has 3 aliphatic rings. The van der Waals surface area contributed by atoms with Gasteiger partial charge in [-0.25, -0.2) is 4.39 Å². The number of aliphatic imine (C=N–C) groups is 1. The first kappa shape index (κ1) is 22.8. The summed E-state index contributed by atoms with van der Waals surface area (Å²) in [5, 5.41) is 2.37. The molecule has 2 aromatic rings. The van der Waals surface area contributed by atoms with Gasteiger partial charge < -0.3 is 15.2 Å². The van der Waals surface area contributed by atoms with Crippen LogP contribution in [0.1, 0.15) is 31.4 Å². The summed E-state index contributed by atoms with van der Waals surface area (Å²) >= 11 is 0. The van der Waals surface area contributed by atoms with Crippen molar-refractivity contribution in [2.45, 2.75) is 45.3 Å². The Balaban J connectivity index is 1.44. The van der Waals surface area contributed by atoms with Crippen LogP contribution in [-0.2, 0) is 17.8 Å². The van der Waals surface area contributed by atoms with Crippen molar-refractivity contribution < 1.29 is 9.18 Å². The topological polar surface area (TPSA) is 93.7 Å². The molecule has 0 spiro atoms. The zero-order valence-electron chi connectivity index (χ0n) is 19.2. The van der Waals surface area contributed by atoms with Crippen molar-refractivity contribution in [2.75, 3.05) is 20.1 Å². The van der Waals surface area contributed by atoms with Gasteiger partial charge in [-0.1, -0.05) is 6.92 Å². The Morgan fingerprint density at radius 3 is 2.76 bits per heavy atom. The van der Waals surface area contributed by atoms with Gasteiger partial charge in [0.05, 0.1) is 11.0 Å². The lowest BCUT2D eigenvalue weighted by Gasteiger charge is -2.58. The van der Waals surface area contributed by atoms with Gasteiger partial charge in [-0.2, -0.15) is 0 Å². The number of piperazine rings is 1. The molecule has 0 saturated carbocycles. The highest BCUT2D eigenvalue weighted by Gasteiger charge is 2.44. The summed E-state index contributed by atoms with van der Waals surface area (Å²) in [5.41, 5.74) is 3.73. The summed E-state index contributed by atoms with van der Waals surface area (Å²) in [5.74, 6) is -1.29. The number of aromatic amines is 1. The van der Waals surface area contributed by atoms with Gasteiger partial charge in [-0.3, -0.25) is 24.5 Å². The van der Waals surface area contributed by atoms with Crippen molar-refractivity contribution in [2.24, 2.45) is 4.99 Å². The molecule has 0 aromatic carbocycles. The quantitative estimate of drug-likeness (QED) is 0.382. The van der Waals surface area contributed by atoms with Crippen molar-refractivity contribution >= 4 is 23.7 Å². The molecule has 5 rings (SSSR count). The van der Waals surface area contributed by atoms with Crippen LogP contribution in [0.15, 0.2) is 51.4 Å². The number of fused-ring (bicyclic) bond motifs is 3. The van der Waals surface area contributed by atoms with Crippen LogP contribution < -0.4 is 10.9 Å². The maximum Gasteiger partial charge on any atom is 0.272 e. The number of allylic oxidation sites excluding steroid dienone is 3. The van der Waals surface area contributed by atoms with Gasteiger partial charge in [0.25, 0.3) is 11.5 Å². The molecule has 2 aromatic heterocycles. The molecular formula is C24H29FN6O2. The Morgan fingerprint density at radius 1 is 1.39 bits per heavy atom. The van der Waals surface area contributed by atoms with Gasteiger partial charge in [0, 0.05) is 56.2 Å². The number of nitrogens with zero attached hydrogens (tertiary/aromatic N) is 4. The number of rotatable bonds is 7. The molecule has 5 heterocycles. The number of likely N-dealkylation sites (N-methyl/N-ethyl adjacent to an activating group) is 1. The van der Waals surface area contributed by atoms with Gasteiger partial charge in [0.15, 0.2) is 11.5 Å². The fraction of sp³-hybridized carbons (Fsp3) is 0.417. The summed E-state index contributed by atoms with van der Waals surface area (Å²) in [7, 11) is 1.43. The van der Waals surface area contributed by atoms with E-state index in [9.17, 15) is 14.0 Å². The Kier molecular flexibility index (Phi) is 6.42. The van der Waals surface area contributed by atoms with Crippen molar-refractivity contribution in [1.29, 1.82) is 0 Å². The average Bonchev–Trinajstić information content (AvgIpc) is 2.78. The lowest BCUT2D eigenvalue weighted by atomic mass is 9.86. The molecule has 2 atom stereocenters. The lowest BCUT2D eigenvalue weighted by molar-refractivity contribution is -0.117. The molecule has 0 aliphatic carbocycles. The predicted octanol–water partition coefficient (Wildman–Crippen LogP) is 2.28. The minimum atomic E-state index is -0.689. The third-order valence-corrected chi connectivity index (χ3v) is 6.45. The minimum Gasteiger partial charge on any atom is -0.366 e. The zero-order chi connectivity index (χ0) is 23.7. The number of aryl methyl sites for hydroxylation is 1. The molecule has 3 aliphatic heterocycles. The number of carbonyl (C=O) groups excluding carboxylic acids is 1. The van der Waals surface area contributed by atoms with E-state index in [4.69, 9.17) is 0 Å². The molecule has 2 bridgehead atoms. The van der Waals surface area contributed by atoms with Crippen molar-refractivity contribution in [3.8, 4) is 0 Å². The molecule has 9 heteroatoms. The molecular weight excluding hydrogens is 423 g/mol. The summed E-state index contributed by atoms with van der Waals surface area (Å²) in [6.07, 6.45) is 4.96. The summed E-state index contributed by atoms with van der Waals surface area (Å²) < 4.78 is 14.6. The van der Waals surface area contributed by atoms with Crippen LogP contribution in [-0.4, -0.2) is 64.6 Å². The Hall–Kier alpha value is -3.33. The molecule has 2 N–H and O–H groups in total. The van der Waals surface area contributed by atoms with E-state index in [0.717, 1.165) is 53.9 Å². The Bertz CT molecular complexity index is 1210. The Labute approximate surface area is 191 Å². The number of hydrogen-bond donors (Lipinski definition) is 2. The van der Waals surface area contributed by atoms with Crippen molar-refractivity contribution in [3.05, 3.63) is 63.1 Å².